The van der Waals surface area contributed by atoms with Crippen LogP contribution in [0.4, 0.5) is 11.5 Å². The van der Waals surface area contributed by atoms with E-state index in [4.69, 9.17) is 0 Å². The van der Waals surface area contributed by atoms with Gasteiger partial charge in [-0.05, 0) is 40.6 Å². The Morgan fingerprint density at radius 1 is 1.47 bits per heavy atom. The van der Waals surface area contributed by atoms with E-state index < -0.39 is 4.92 Å². The highest BCUT2D eigenvalue weighted by atomic mass is 79.9. The third kappa shape index (κ3) is 3.89. The molecule has 1 aromatic heterocycles. The van der Waals surface area contributed by atoms with Crippen molar-refractivity contribution in [3.8, 4) is 0 Å². The van der Waals surface area contributed by atoms with Gasteiger partial charge >= 0.3 is 0 Å². The van der Waals surface area contributed by atoms with Gasteiger partial charge in [-0.1, -0.05) is 19.8 Å². The van der Waals surface area contributed by atoms with Crippen LogP contribution in [0, 0.1) is 22.0 Å². The van der Waals surface area contributed by atoms with Gasteiger partial charge in [0, 0.05) is 12.6 Å². The first-order chi connectivity index (χ1) is 9.06. The fourth-order valence-electron chi connectivity index (χ4n) is 2.43. The van der Waals surface area contributed by atoms with Gasteiger partial charge in [0.15, 0.2) is 0 Å². The number of anilines is 1. The molecular formula is C13H18BrN3O2. The second kappa shape index (κ2) is 6.32. The SMILES string of the molecule is CC1CCC(CNc2ncc([N+](=O)[O-])cc2Br)CC1. The Bertz CT molecular complexity index is 459. The zero-order chi connectivity index (χ0) is 13.8. The molecule has 19 heavy (non-hydrogen) atoms. The van der Waals surface area contributed by atoms with Gasteiger partial charge in [-0.25, -0.2) is 4.98 Å². The van der Waals surface area contributed by atoms with Crippen LogP contribution in [-0.2, 0) is 0 Å². The van der Waals surface area contributed by atoms with Crippen molar-refractivity contribution < 1.29 is 4.92 Å². The number of hydrogen-bond acceptors (Lipinski definition) is 4. The molecule has 1 fully saturated rings. The highest BCUT2D eigenvalue weighted by Gasteiger charge is 2.18. The molecule has 1 aliphatic rings. The van der Waals surface area contributed by atoms with E-state index in [0.717, 1.165) is 12.5 Å². The minimum absolute atomic E-state index is 0.00363. The lowest BCUT2D eigenvalue weighted by molar-refractivity contribution is -0.385. The van der Waals surface area contributed by atoms with Crippen LogP contribution in [0.5, 0.6) is 0 Å². The molecule has 104 valence electrons. The highest BCUT2D eigenvalue weighted by Crippen LogP contribution is 2.29. The van der Waals surface area contributed by atoms with E-state index >= 15 is 0 Å². The first-order valence-corrected chi connectivity index (χ1v) is 7.39. The quantitative estimate of drug-likeness (QED) is 0.670. The largest absolute Gasteiger partial charge is 0.369 e. The first-order valence-electron chi connectivity index (χ1n) is 6.60. The lowest BCUT2D eigenvalue weighted by Crippen LogP contribution is -2.20. The second-order valence-corrected chi connectivity index (χ2v) is 6.14. The minimum Gasteiger partial charge on any atom is -0.369 e. The number of nitrogens with zero attached hydrogens (tertiary/aromatic N) is 2. The molecule has 0 aliphatic heterocycles. The van der Waals surface area contributed by atoms with Gasteiger partial charge in [-0.3, -0.25) is 10.1 Å². The molecule has 1 N–H and O–H groups in total. The number of pyridine rings is 1. The maximum absolute atomic E-state index is 10.6. The average Bonchev–Trinajstić information content (AvgIpc) is 2.39. The normalized spacial score (nSPS) is 23.1. The molecule has 1 aliphatic carbocycles. The van der Waals surface area contributed by atoms with E-state index in [0.29, 0.717) is 16.2 Å². The van der Waals surface area contributed by atoms with E-state index in [-0.39, 0.29) is 5.69 Å². The molecule has 1 saturated carbocycles. The van der Waals surface area contributed by atoms with Crippen LogP contribution in [0.3, 0.4) is 0 Å². The summed E-state index contributed by atoms with van der Waals surface area (Å²) in [4.78, 5) is 14.3. The van der Waals surface area contributed by atoms with Crippen molar-refractivity contribution in [2.75, 3.05) is 11.9 Å². The second-order valence-electron chi connectivity index (χ2n) is 5.29. The van der Waals surface area contributed by atoms with Crippen LogP contribution < -0.4 is 5.32 Å². The lowest BCUT2D eigenvalue weighted by Gasteiger charge is -2.26. The molecule has 5 nitrogen and oxygen atoms in total. The van der Waals surface area contributed by atoms with Crippen LogP contribution in [0.15, 0.2) is 16.7 Å². The third-order valence-corrected chi connectivity index (χ3v) is 4.34. The van der Waals surface area contributed by atoms with Crippen LogP contribution in [0.25, 0.3) is 0 Å². The van der Waals surface area contributed by atoms with Crippen molar-refractivity contribution in [1.82, 2.24) is 4.98 Å². The van der Waals surface area contributed by atoms with Crippen molar-refractivity contribution in [1.29, 1.82) is 0 Å². The van der Waals surface area contributed by atoms with Crippen molar-refractivity contribution in [3.05, 3.63) is 26.9 Å². The monoisotopic (exact) mass is 327 g/mol. The topological polar surface area (TPSA) is 68.1 Å². The van der Waals surface area contributed by atoms with Gasteiger partial charge in [0.2, 0.25) is 0 Å². The van der Waals surface area contributed by atoms with Crippen LogP contribution in [0.1, 0.15) is 32.6 Å². The third-order valence-electron chi connectivity index (χ3n) is 3.73. The van der Waals surface area contributed by atoms with Crippen molar-refractivity contribution in [2.24, 2.45) is 11.8 Å². The summed E-state index contributed by atoms with van der Waals surface area (Å²) in [6.07, 6.45) is 6.37. The molecule has 0 bridgehead atoms. The summed E-state index contributed by atoms with van der Waals surface area (Å²) in [5, 5.41) is 13.9. The van der Waals surface area contributed by atoms with Gasteiger partial charge in [-0.2, -0.15) is 0 Å². The predicted molar refractivity (Wildman–Crippen MR) is 78.2 cm³/mol. The Morgan fingerprint density at radius 3 is 2.74 bits per heavy atom. The molecule has 6 heteroatoms. The highest BCUT2D eigenvalue weighted by molar-refractivity contribution is 9.10. The van der Waals surface area contributed by atoms with Crippen molar-refractivity contribution >= 4 is 27.4 Å². The van der Waals surface area contributed by atoms with Crippen molar-refractivity contribution in [2.45, 2.75) is 32.6 Å². The Labute approximate surface area is 121 Å². The summed E-state index contributed by atoms with van der Waals surface area (Å²) in [7, 11) is 0. The lowest BCUT2D eigenvalue weighted by atomic mass is 9.83. The molecule has 0 aromatic carbocycles. The molecule has 1 heterocycles. The summed E-state index contributed by atoms with van der Waals surface area (Å²) in [6, 6.07) is 1.48. The van der Waals surface area contributed by atoms with Crippen LogP contribution in [0.2, 0.25) is 0 Å². The first kappa shape index (κ1) is 14.2. The van der Waals surface area contributed by atoms with E-state index in [1.165, 1.54) is 37.9 Å². The van der Waals surface area contributed by atoms with Gasteiger partial charge in [0.05, 0.1) is 9.40 Å². The zero-order valence-electron chi connectivity index (χ0n) is 10.9. The minimum atomic E-state index is -0.440. The number of aromatic nitrogens is 1. The number of nitrogens with one attached hydrogen (secondary N) is 1. The van der Waals surface area contributed by atoms with Gasteiger partial charge in [0.1, 0.15) is 12.0 Å². The van der Waals surface area contributed by atoms with E-state index in [1.807, 2.05) is 0 Å². The van der Waals surface area contributed by atoms with Gasteiger partial charge in [-0.15, -0.1) is 0 Å². The average molecular weight is 328 g/mol. The van der Waals surface area contributed by atoms with E-state index in [2.05, 4.69) is 33.2 Å². The van der Waals surface area contributed by atoms with Gasteiger partial charge < -0.3 is 5.32 Å². The molecule has 0 radical (unpaired) electrons. The summed E-state index contributed by atoms with van der Waals surface area (Å²) >= 11 is 3.32. The Hall–Kier alpha value is -1.17. The summed E-state index contributed by atoms with van der Waals surface area (Å²) in [5.74, 6) is 2.21. The molecule has 0 saturated heterocycles. The van der Waals surface area contributed by atoms with Gasteiger partial charge in [0.25, 0.3) is 5.69 Å². The molecule has 0 spiro atoms. The van der Waals surface area contributed by atoms with Crippen LogP contribution in [-0.4, -0.2) is 16.5 Å². The Balaban J connectivity index is 1.91. The summed E-state index contributed by atoms with van der Waals surface area (Å²) in [6.45, 7) is 3.19. The van der Waals surface area contributed by atoms with E-state index in [9.17, 15) is 10.1 Å². The summed E-state index contributed by atoms with van der Waals surface area (Å²) in [5.41, 5.74) is 0.00363. The molecule has 1 aromatic rings. The molecular weight excluding hydrogens is 310 g/mol. The molecule has 0 amide bonds. The molecule has 0 unspecified atom stereocenters. The maximum Gasteiger partial charge on any atom is 0.288 e. The number of hydrogen-bond donors (Lipinski definition) is 1. The molecule has 0 atom stereocenters. The standard InChI is InChI=1S/C13H18BrN3O2/c1-9-2-4-10(5-3-9)7-15-13-12(14)6-11(8-16-13)17(18)19/h6,8-10H,2-5,7H2,1H3,(H,15,16). The smallest absolute Gasteiger partial charge is 0.288 e. The fourth-order valence-corrected chi connectivity index (χ4v) is 2.91. The van der Waals surface area contributed by atoms with Crippen molar-refractivity contribution in [3.63, 3.8) is 0 Å². The Kier molecular flexibility index (Phi) is 4.74. The number of nitro groups is 1. The summed E-state index contributed by atoms with van der Waals surface area (Å²) < 4.78 is 0.644. The fraction of sp³-hybridized carbons (Fsp3) is 0.615. The number of halogens is 1. The van der Waals surface area contributed by atoms with E-state index in [1.54, 1.807) is 0 Å². The Morgan fingerprint density at radius 2 is 2.16 bits per heavy atom. The molecule has 2 rings (SSSR count). The number of rotatable bonds is 4. The van der Waals surface area contributed by atoms with Crippen LogP contribution >= 0.6 is 15.9 Å². The zero-order valence-corrected chi connectivity index (χ0v) is 12.5. The maximum atomic E-state index is 10.6. The predicted octanol–water partition coefficient (Wildman–Crippen LogP) is 3.99.